The van der Waals surface area contributed by atoms with Crippen molar-refractivity contribution in [2.75, 3.05) is 47.3 Å². The van der Waals surface area contributed by atoms with Crippen LogP contribution in [0.5, 0.6) is 0 Å². The summed E-state index contributed by atoms with van der Waals surface area (Å²) >= 11 is 0. The highest BCUT2D eigenvalue weighted by Crippen LogP contribution is 2.38. The summed E-state index contributed by atoms with van der Waals surface area (Å²) in [5.74, 6) is 1.05. The molecular weight excluding hydrogens is 441 g/mol. The molecule has 6 nitrogen and oxygen atoms in total. The van der Waals surface area contributed by atoms with E-state index in [4.69, 9.17) is 0 Å². The smallest absolute Gasteiger partial charge is 0.230 e. The number of nitrogens with zero attached hydrogens (tertiary/aromatic N) is 3. The highest BCUT2D eigenvalue weighted by molar-refractivity contribution is 14.0. The molecule has 0 spiro atoms. The van der Waals surface area contributed by atoms with Gasteiger partial charge in [0.1, 0.15) is 0 Å². The quantitative estimate of drug-likeness (QED) is 0.349. The van der Waals surface area contributed by atoms with Crippen molar-refractivity contribution < 1.29 is 4.79 Å². The Morgan fingerprint density at radius 3 is 2.46 bits per heavy atom. The molecule has 1 heterocycles. The van der Waals surface area contributed by atoms with Crippen LogP contribution in [0.2, 0.25) is 0 Å². The minimum atomic E-state index is -0.261. The van der Waals surface area contributed by atoms with Gasteiger partial charge in [0, 0.05) is 46.8 Å². The molecule has 1 saturated heterocycles. The summed E-state index contributed by atoms with van der Waals surface area (Å²) in [5.41, 5.74) is -0.261. The van der Waals surface area contributed by atoms with Crippen molar-refractivity contribution in [1.82, 2.24) is 20.4 Å². The molecule has 2 rings (SSSR count). The average molecular weight is 479 g/mol. The van der Waals surface area contributed by atoms with Gasteiger partial charge >= 0.3 is 0 Å². The molecule has 1 unspecified atom stereocenters. The van der Waals surface area contributed by atoms with Crippen LogP contribution < -0.4 is 10.6 Å². The third-order valence-electron chi connectivity index (χ3n) is 5.87. The predicted molar refractivity (Wildman–Crippen MR) is 119 cm³/mol. The predicted octanol–water partition coefficient (Wildman–Crippen LogP) is 2.29. The van der Waals surface area contributed by atoms with Gasteiger partial charge < -0.3 is 15.5 Å². The third-order valence-corrected chi connectivity index (χ3v) is 5.87. The van der Waals surface area contributed by atoms with E-state index in [0.717, 1.165) is 44.7 Å². The van der Waals surface area contributed by atoms with Crippen LogP contribution >= 0.6 is 24.0 Å². The van der Waals surface area contributed by atoms with Crippen LogP contribution in [0.3, 0.4) is 0 Å². The zero-order chi connectivity index (χ0) is 18.3. The molecule has 0 aromatic carbocycles. The van der Waals surface area contributed by atoms with Crippen molar-refractivity contribution in [3.63, 3.8) is 0 Å². The maximum Gasteiger partial charge on any atom is 0.230 e. The summed E-state index contributed by atoms with van der Waals surface area (Å²) in [6.45, 7) is 6.13. The lowest BCUT2D eigenvalue weighted by atomic mass is 9.84. The molecule has 152 valence electrons. The second-order valence-corrected chi connectivity index (χ2v) is 7.92. The fraction of sp³-hybridized carbons (Fsp3) is 0.895. The number of amides is 1. The van der Waals surface area contributed by atoms with E-state index < -0.39 is 0 Å². The van der Waals surface area contributed by atoms with Gasteiger partial charge in [-0.15, -0.1) is 24.0 Å². The normalized spacial score (nSPS) is 23.2. The van der Waals surface area contributed by atoms with Crippen molar-refractivity contribution in [1.29, 1.82) is 0 Å². The Balaban J connectivity index is 0.00000338. The summed E-state index contributed by atoms with van der Waals surface area (Å²) in [6.07, 6.45) is 8.20. The van der Waals surface area contributed by atoms with Crippen molar-refractivity contribution in [2.24, 2.45) is 10.4 Å². The van der Waals surface area contributed by atoms with E-state index >= 15 is 0 Å². The number of hydrogen-bond acceptors (Lipinski definition) is 3. The van der Waals surface area contributed by atoms with E-state index in [1.54, 1.807) is 11.9 Å². The molecule has 0 bridgehead atoms. The number of likely N-dealkylation sites (tertiary alicyclic amines) is 1. The number of aliphatic imine (C=N–C) groups is 1. The highest BCUT2D eigenvalue weighted by atomic mass is 127. The lowest BCUT2D eigenvalue weighted by Gasteiger charge is -2.33. The maximum atomic E-state index is 12.6. The summed E-state index contributed by atoms with van der Waals surface area (Å²) in [4.78, 5) is 21.3. The van der Waals surface area contributed by atoms with E-state index in [-0.39, 0.29) is 35.3 Å². The van der Waals surface area contributed by atoms with Gasteiger partial charge in [0.15, 0.2) is 5.96 Å². The van der Waals surface area contributed by atoms with Gasteiger partial charge in [0.25, 0.3) is 0 Å². The van der Waals surface area contributed by atoms with E-state index in [0.29, 0.717) is 12.6 Å². The van der Waals surface area contributed by atoms with Gasteiger partial charge in [0.2, 0.25) is 5.91 Å². The Morgan fingerprint density at radius 2 is 1.88 bits per heavy atom. The summed E-state index contributed by atoms with van der Waals surface area (Å²) in [5, 5.41) is 6.83. The van der Waals surface area contributed by atoms with Gasteiger partial charge in [-0.25, -0.2) is 0 Å². The molecule has 0 radical (unpaired) electrons. The largest absolute Gasteiger partial charge is 0.355 e. The van der Waals surface area contributed by atoms with E-state index in [9.17, 15) is 4.79 Å². The van der Waals surface area contributed by atoms with Gasteiger partial charge in [-0.2, -0.15) is 0 Å². The zero-order valence-electron chi connectivity index (χ0n) is 17.0. The Hall–Kier alpha value is -0.570. The first kappa shape index (κ1) is 23.5. The number of guanidine groups is 1. The number of halogens is 1. The number of nitrogens with one attached hydrogen (secondary N) is 2. The highest BCUT2D eigenvalue weighted by Gasteiger charge is 2.42. The molecular formula is C19H38IN5O. The Morgan fingerprint density at radius 1 is 1.19 bits per heavy atom. The average Bonchev–Trinajstić information content (AvgIpc) is 3.08. The molecule has 0 aromatic rings. The molecule has 1 aliphatic carbocycles. The molecule has 2 fully saturated rings. The van der Waals surface area contributed by atoms with Crippen molar-refractivity contribution >= 4 is 35.8 Å². The van der Waals surface area contributed by atoms with E-state index in [1.807, 2.05) is 14.1 Å². The van der Waals surface area contributed by atoms with Crippen LogP contribution in [0, 0.1) is 5.41 Å². The molecule has 1 aliphatic heterocycles. The first-order valence-corrected chi connectivity index (χ1v) is 9.89. The van der Waals surface area contributed by atoms with Gasteiger partial charge in [-0.05, 0) is 39.2 Å². The Bertz CT molecular complexity index is 463. The number of carbonyl (C=O) groups is 1. The summed E-state index contributed by atoms with van der Waals surface area (Å²) in [6, 6.07) is 0.685. The first-order valence-electron chi connectivity index (χ1n) is 9.89. The van der Waals surface area contributed by atoms with Crippen LogP contribution in [0.4, 0.5) is 0 Å². The van der Waals surface area contributed by atoms with Gasteiger partial charge in [0.05, 0.1) is 5.41 Å². The standard InChI is InChI=1S/C19H37N5O.HI/c1-16-9-5-8-13-24(16)14-12-21-18(20-2)22-15-19(10-6-7-11-19)17(25)23(3)4;/h16H,5-15H2,1-4H3,(H2,20,21,22);1H. The van der Waals surface area contributed by atoms with Crippen LogP contribution in [-0.2, 0) is 4.79 Å². The molecule has 1 amide bonds. The first-order chi connectivity index (χ1) is 12.0. The van der Waals surface area contributed by atoms with Crippen LogP contribution in [0.15, 0.2) is 4.99 Å². The van der Waals surface area contributed by atoms with Crippen LogP contribution in [0.1, 0.15) is 51.9 Å². The van der Waals surface area contributed by atoms with Gasteiger partial charge in [-0.3, -0.25) is 14.7 Å². The lowest BCUT2D eigenvalue weighted by molar-refractivity contribution is -0.138. The number of piperidine rings is 1. The van der Waals surface area contributed by atoms with E-state index in [1.165, 1.54) is 25.8 Å². The maximum absolute atomic E-state index is 12.6. The molecule has 26 heavy (non-hydrogen) atoms. The SMILES string of the molecule is CN=C(NCCN1CCCCC1C)NCC1(C(=O)N(C)C)CCCC1.I. The van der Waals surface area contributed by atoms with Crippen molar-refractivity contribution in [2.45, 2.75) is 57.9 Å². The summed E-state index contributed by atoms with van der Waals surface area (Å²) < 4.78 is 0. The molecule has 1 saturated carbocycles. The number of hydrogen-bond donors (Lipinski definition) is 2. The molecule has 0 aromatic heterocycles. The Labute approximate surface area is 176 Å². The molecule has 2 N–H and O–H groups in total. The van der Waals surface area contributed by atoms with Gasteiger partial charge in [-0.1, -0.05) is 19.3 Å². The number of rotatable bonds is 6. The molecule has 7 heteroatoms. The minimum absolute atomic E-state index is 0. The Kier molecular flexibility index (Phi) is 10.2. The number of carbonyl (C=O) groups excluding carboxylic acids is 1. The monoisotopic (exact) mass is 479 g/mol. The minimum Gasteiger partial charge on any atom is -0.355 e. The lowest BCUT2D eigenvalue weighted by Crippen LogP contribution is -2.50. The fourth-order valence-electron chi connectivity index (χ4n) is 4.27. The fourth-order valence-corrected chi connectivity index (χ4v) is 4.27. The van der Waals surface area contributed by atoms with Crippen LogP contribution in [-0.4, -0.2) is 75.0 Å². The molecule has 2 aliphatic rings. The van der Waals surface area contributed by atoms with E-state index in [2.05, 4.69) is 27.4 Å². The zero-order valence-corrected chi connectivity index (χ0v) is 19.3. The second kappa shape index (κ2) is 11.3. The second-order valence-electron chi connectivity index (χ2n) is 7.92. The summed E-state index contributed by atoms with van der Waals surface area (Å²) in [7, 11) is 5.51. The topological polar surface area (TPSA) is 60.0 Å². The van der Waals surface area contributed by atoms with Crippen molar-refractivity contribution in [3.8, 4) is 0 Å². The van der Waals surface area contributed by atoms with Crippen LogP contribution in [0.25, 0.3) is 0 Å². The molecule has 1 atom stereocenters. The third kappa shape index (κ3) is 6.25. The van der Waals surface area contributed by atoms with Crippen molar-refractivity contribution in [3.05, 3.63) is 0 Å².